The predicted octanol–water partition coefficient (Wildman–Crippen LogP) is 3.84. The van der Waals surface area contributed by atoms with Gasteiger partial charge in [0.25, 0.3) is 0 Å². The van der Waals surface area contributed by atoms with Gasteiger partial charge in [-0.3, -0.25) is 4.79 Å². The van der Waals surface area contributed by atoms with E-state index >= 15 is 0 Å². The monoisotopic (exact) mass is 258 g/mol. The van der Waals surface area contributed by atoms with Crippen molar-refractivity contribution in [1.82, 2.24) is 0 Å². The second-order valence-corrected chi connectivity index (χ2v) is 4.22. The number of Topliss-reactive ketones (excluding diaryl/α,β-unsaturated/α-hetero) is 1. The summed E-state index contributed by atoms with van der Waals surface area (Å²) < 4.78 is 11.3. The molecule has 0 aromatic heterocycles. The fourth-order valence-corrected chi connectivity index (χ4v) is 2.19. The number of rotatable bonds is 5. The van der Waals surface area contributed by atoms with E-state index in [1.165, 1.54) is 6.92 Å². The van der Waals surface area contributed by atoms with Gasteiger partial charge >= 0.3 is 0 Å². The molecule has 0 aliphatic carbocycles. The molecule has 0 heterocycles. The first kappa shape index (κ1) is 13.4. The van der Waals surface area contributed by atoms with Gasteiger partial charge in [-0.1, -0.05) is 24.3 Å². The van der Waals surface area contributed by atoms with Gasteiger partial charge in [-0.15, -0.1) is 0 Å². The molecule has 0 unspecified atom stereocenters. The van der Waals surface area contributed by atoms with Crippen molar-refractivity contribution >= 4 is 16.6 Å². The van der Waals surface area contributed by atoms with Crippen molar-refractivity contribution in [3.05, 3.63) is 35.9 Å². The number of carbonyl (C=O) groups excluding carboxylic acids is 1. The van der Waals surface area contributed by atoms with Crippen molar-refractivity contribution in [3.63, 3.8) is 0 Å². The van der Waals surface area contributed by atoms with Crippen LogP contribution in [-0.2, 0) is 0 Å². The Bertz CT molecular complexity index is 602. The molecule has 0 fully saturated rings. The molecule has 0 saturated carbocycles. The number of hydrogen-bond donors (Lipinski definition) is 0. The van der Waals surface area contributed by atoms with E-state index < -0.39 is 0 Å². The van der Waals surface area contributed by atoms with E-state index in [1.54, 1.807) is 0 Å². The number of fused-ring (bicyclic) bond motifs is 1. The highest BCUT2D eigenvalue weighted by Gasteiger charge is 2.19. The molecule has 2 aromatic rings. The predicted molar refractivity (Wildman–Crippen MR) is 76.3 cm³/mol. The van der Waals surface area contributed by atoms with E-state index in [0.29, 0.717) is 30.3 Å². The SMILES string of the molecule is CCOc1cc2ccccc2c(OCC)c1C(C)=O. The Morgan fingerprint density at radius 3 is 2.42 bits per heavy atom. The van der Waals surface area contributed by atoms with Crippen LogP contribution < -0.4 is 9.47 Å². The number of hydrogen-bond acceptors (Lipinski definition) is 3. The van der Waals surface area contributed by atoms with Gasteiger partial charge in [-0.05, 0) is 32.2 Å². The van der Waals surface area contributed by atoms with Gasteiger partial charge in [0.15, 0.2) is 5.78 Å². The summed E-state index contributed by atoms with van der Waals surface area (Å²) >= 11 is 0. The summed E-state index contributed by atoms with van der Waals surface area (Å²) in [6.07, 6.45) is 0. The molecule has 0 aliphatic heterocycles. The van der Waals surface area contributed by atoms with Crippen LogP contribution in [0.25, 0.3) is 10.8 Å². The number of carbonyl (C=O) groups is 1. The molecule has 0 saturated heterocycles. The lowest BCUT2D eigenvalue weighted by Gasteiger charge is -2.16. The Morgan fingerprint density at radius 1 is 1.11 bits per heavy atom. The van der Waals surface area contributed by atoms with Crippen LogP contribution in [0.5, 0.6) is 11.5 Å². The van der Waals surface area contributed by atoms with Crippen LogP contribution in [0.4, 0.5) is 0 Å². The molecule has 0 bridgehead atoms. The van der Waals surface area contributed by atoms with Crippen molar-refractivity contribution in [3.8, 4) is 11.5 Å². The lowest BCUT2D eigenvalue weighted by Crippen LogP contribution is -2.06. The Hall–Kier alpha value is -2.03. The Balaban J connectivity index is 2.78. The average Bonchev–Trinajstić information content (AvgIpc) is 2.39. The molecule has 0 spiro atoms. The standard InChI is InChI=1S/C16H18O3/c1-4-18-14-10-12-8-6-7-9-13(12)16(19-5-2)15(14)11(3)17/h6-10H,4-5H2,1-3H3. The minimum absolute atomic E-state index is 0.0438. The quantitative estimate of drug-likeness (QED) is 0.764. The second-order valence-electron chi connectivity index (χ2n) is 4.22. The molecule has 3 heteroatoms. The lowest BCUT2D eigenvalue weighted by molar-refractivity contribution is 0.101. The summed E-state index contributed by atoms with van der Waals surface area (Å²) in [5.74, 6) is 1.17. The van der Waals surface area contributed by atoms with Crippen LogP contribution in [0, 0.1) is 0 Å². The summed E-state index contributed by atoms with van der Waals surface area (Å²) in [5.41, 5.74) is 0.530. The highest BCUT2D eigenvalue weighted by atomic mass is 16.5. The minimum Gasteiger partial charge on any atom is -0.493 e. The Kier molecular flexibility index (Phi) is 4.05. The normalized spacial score (nSPS) is 10.5. The largest absolute Gasteiger partial charge is 0.493 e. The molecule has 0 aliphatic rings. The molecule has 0 radical (unpaired) electrons. The third-order valence-corrected chi connectivity index (χ3v) is 2.91. The summed E-state index contributed by atoms with van der Waals surface area (Å²) in [6.45, 7) is 6.38. The van der Waals surface area contributed by atoms with Gasteiger partial charge < -0.3 is 9.47 Å². The van der Waals surface area contributed by atoms with Crippen molar-refractivity contribution in [1.29, 1.82) is 0 Å². The molecular weight excluding hydrogens is 240 g/mol. The van der Waals surface area contributed by atoms with Crippen LogP contribution in [0.15, 0.2) is 30.3 Å². The van der Waals surface area contributed by atoms with E-state index in [4.69, 9.17) is 9.47 Å². The van der Waals surface area contributed by atoms with E-state index in [1.807, 2.05) is 44.2 Å². The first-order valence-corrected chi connectivity index (χ1v) is 6.51. The highest BCUT2D eigenvalue weighted by molar-refractivity contribution is 6.06. The van der Waals surface area contributed by atoms with E-state index in [0.717, 1.165) is 10.8 Å². The van der Waals surface area contributed by atoms with Gasteiger partial charge in [0.1, 0.15) is 17.1 Å². The molecule has 100 valence electrons. The molecule has 0 amide bonds. The molecule has 2 rings (SSSR count). The maximum atomic E-state index is 11.9. The summed E-state index contributed by atoms with van der Waals surface area (Å²) in [5, 5.41) is 1.96. The Labute approximate surface area is 113 Å². The van der Waals surface area contributed by atoms with Gasteiger partial charge in [-0.25, -0.2) is 0 Å². The van der Waals surface area contributed by atoms with E-state index in [-0.39, 0.29) is 5.78 Å². The number of ether oxygens (including phenoxy) is 2. The Morgan fingerprint density at radius 2 is 1.79 bits per heavy atom. The van der Waals surface area contributed by atoms with Crippen LogP contribution in [0.1, 0.15) is 31.1 Å². The van der Waals surface area contributed by atoms with Crippen molar-refractivity contribution in [2.45, 2.75) is 20.8 Å². The van der Waals surface area contributed by atoms with Crippen LogP contribution in [-0.4, -0.2) is 19.0 Å². The topological polar surface area (TPSA) is 35.5 Å². The number of ketones is 1. The molecular formula is C16H18O3. The average molecular weight is 258 g/mol. The van der Waals surface area contributed by atoms with Crippen molar-refractivity contribution in [2.24, 2.45) is 0 Å². The molecule has 3 nitrogen and oxygen atoms in total. The number of benzene rings is 2. The second kappa shape index (κ2) is 5.74. The molecule has 2 aromatic carbocycles. The van der Waals surface area contributed by atoms with Gasteiger partial charge in [-0.2, -0.15) is 0 Å². The fraction of sp³-hybridized carbons (Fsp3) is 0.312. The third-order valence-electron chi connectivity index (χ3n) is 2.91. The minimum atomic E-state index is -0.0438. The summed E-state index contributed by atoms with van der Waals surface area (Å²) in [7, 11) is 0. The van der Waals surface area contributed by atoms with Gasteiger partial charge in [0, 0.05) is 5.39 Å². The first-order chi connectivity index (χ1) is 9.19. The van der Waals surface area contributed by atoms with Crippen LogP contribution >= 0.6 is 0 Å². The van der Waals surface area contributed by atoms with E-state index in [2.05, 4.69) is 0 Å². The maximum absolute atomic E-state index is 11.9. The lowest BCUT2D eigenvalue weighted by atomic mass is 10.0. The summed E-state index contributed by atoms with van der Waals surface area (Å²) in [6, 6.07) is 9.75. The van der Waals surface area contributed by atoms with Crippen LogP contribution in [0.3, 0.4) is 0 Å². The summed E-state index contributed by atoms with van der Waals surface area (Å²) in [4.78, 5) is 11.9. The smallest absolute Gasteiger partial charge is 0.167 e. The van der Waals surface area contributed by atoms with E-state index in [9.17, 15) is 4.79 Å². The van der Waals surface area contributed by atoms with Crippen LogP contribution in [0.2, 0.25) is 0 Å². The zero-order valence-electron chi connectivity index (χ0n) is 11.5. The van der Waals surface area contributed by atoms with Crippen molar-refractivity contribution in [2.75, 3.05) is 13.2 Å². The van der Waals surface area contributed by atoms with Crippen molar-refractivity contribution < 1.29 is 14.3 Å². The third kappa shape index (κ3) is 2.55. The maximum Gasteiger partial charge on any atom is 0.167 e. The zero-order valence-corrected chi connectivity index (χ0v) is 11.5. The molecule has 19 heavy (non-hydrogen) atoms. The van der Waals surface area contributed by atoms with Gasteiger partial charge in [0.05, 0.1) is 13.2 Å². The molecule has 0 atom stereocenters. The zero-order chi connectivity index (χ0) is 13.8. The fourth-order valence-electron chi connectivity index (χ4n) is 2.19. The highest BCUT2D eigenvalue weighted by Crippen LogP contribution is 2.37. The first-order valence-electron chi connectivity index (χ1n) is 6.51. The molecule has 0 N–H and O–H groups in total. The van der Waals surface area contributed by atoms with Gasteiger partial charge in [0.2, 0.25) is 0 Å².